The highest BCUT2D eigenvalue weighted by molar-refractivity contribution is 5.71. The Kier molecular flexibility index (Phi) is 16.0. The van der Waals surface area contributed by atoms with Crippen LogP contribution < -0.4 is 0 Å². The number of allylic oxidation sites excluding steroid dienone is 3. The lowest BCUT2D eigenvalue weighted by molar-refractivity contribution is -0.193. The fraction of sp³-hybridized carbons (Fsp3) is 0.812. The number of carbonyl (C=O) groups is 2. The number of rotatable bonds is 18. The molecule has 0 aromatic carbocycles. The van der Waals surface area contributed by atoms with E-state index < -0.39 is 12.1 Å². The van der Waals surface area contributed by atoms with Gasteiger partial charge in [-0.2, -0.15) is 0 Å². The average molecular weight is 581 g/mol. The highest BCUT2D eigenvalue weighted by Crippen LogP contribution is 2.41. The molecule has 2 heterocycles. The smallest absolute Gasteiger partial charge is 0.332 e. The first-order valence-corrected chi connectivity index (χ1v) is 15.8. The first-order chi connectivity index (χ1) is 19.9. The van der Waals surface area contributed by atoms with Gasteiger partial charge in [0.05, 0.1) is 6.10 Å². The Morgan fingerprint density at radius 2 is 1.63 bits per heavy atom. The second-order valence-electron chi connectivity index (χ2n) is 11.5. The van der Waals surface area contributed by atoms with Crippen LogP contribution in [-0.4, -0.2) is 72.9 Å². The molecule has 3 fully saturated rings. The van der Waals surface area contributed by atoms with E-state index in [-0.39, 0.29) is 49.0 Å². The van der Waals surface area contributed by atoms with Gasteiger partial charge in [0.1, 0.15) is 6.10 Å². The zero-order chi connectivity index (χ0) is 29.3. The van der Waals surface area contributed by atoms with Crippen molar-refractivity contribution in [2.75, 3.05) is 19.8 Å². The normalized spacial score (nSPS) is 29.7. The molecule has 9 heteroatoms. The summed E-state index contributed by atoms with van der Waals surface area (Å²) in [5.74, 6) is -1.39. The van der Waals surface area contributed by atoms with Gasteiger partial charge in [0, 0.05) is 45.0 Å². The van der Waals surface area contributed by atoms with E-state index in [4.69, 9.17) is 28.8 Å². The summed E-state index contributed by atoms with van der Waals surface area (Å²) in [7, 11) is 0. The summed E-state index contributed by atoms with van der Waals surface area (Å²) in [6.45, 7) is 3.72. The van der Waals surface area contributed by atoms with Crippen LogP contribution in [0.3, 0.4) is 0 Å². The number of carbonyl (C=O) groups excluding carboxylic acids is 1. The van der Waals surface area contributed by atoms with E-state index in [0.717, 1.165) is 77.4 Å². The summed E-state index contributed by atoms with van der Waals surface area (Å²) >= 11 is 0. The Bertz CT molecular complexity index is 801. The number of ether oxygens (including phenoxy) is 5. The number of carboxylic acids is 1. The molecule has 234 valence electrons. The van der Waals surface area contributed by atoms with Gasteiger partial charge >= 0.3 is 11.9 Å². The molecule has 2 N–H and O–H groups in total. The molecule has 7 atom stereocenters. The monoisotopic (exact) mass is 580 g/mol. The van der Waals surface area contributed by atoms with Gasteiger partial charge < -0.3 is 33.9 Å². The van der Waals surface area contributed by atoms with E-state index in [1.54, 1.807) is 0 Å². The molecule has 2 aliphatic heterocycles. The Labute approximate surface area is 245 Å². The predicted octanol–water partition coefficient (Wildman–Crippen LogP) is 5.69. The summed E-state index contributed by atoms with van der Waals surface area (Å²) in [6.07, 6.45) is 20.1. The van der Waals surface area contributed by atoms with Gasteiger partial charge in [-0.3, -0.25) is 4.79 Å². The zero-order valence-corrected chi connectivity index (χ0v) is 24.8. The number of aliphatic hydroxyl groups excluding tert-OH is 1. The van der Waals surface area contributed by atoms with Crippen molar-refractivity contribution in [3.05, 3.63) is 24.3 Å². The van der Waals surface area contributed by atoms with Gasteiger partial charge in [-0.25, -0.2) is 4.79 Å². The molecule has 0 aromatic rings. The molecule has 0 radical (unpaired) electrons. The molecule has 0 aromatic heterocycles. The molecule has 0 amide bonds. The molecular weight excluding hydrogens is 528 g/mol. The van der Waals surface area contributed by atoms with Crippen molar-refractivity contribution < 1.29 is 43.5 Å². The highest BCUT2D eigenvalue weighted by atomic mass is 16.7. The van der Waals surface area contributed by atoms with Gasteiger partial charge in [0.25, 0.3) is 0 Å². The lowest BCUT2D eigenvalue weighted by atomic mass is 9.89. The topological polar surface area (TPSA) is 121 Å². The third-order valence-electron chi connectivity index (χ3n) is 8.18. The molecule has 0 bridgehead atoms. The summed E-state index contributed by atoms with van der Waals surface area (Å²) in [6, 6.07) is 0. The molecule has 0 spiro atoms. The van der Waals surface area contributed by atoms with Crippen molar-refractivity contribution in [1.82, 2.24) is 0 Å². The lowest BCUT2D eigenvalue weighted by Gasteiger charge is -2.29. The Balaban J connectivity index is 1.51. The van der Waals surface area contributed by atoms with Crippen LogP contribution in [0.1, 0.15) is 103 Å². The number of esters is 1. The summed E-state index contributed by atoms with van der Waals surface area (Å²) in [4.78, 5) is 22.8. The Morgan fingerprint density at radius 3 is 2.32 bits per heavy atom. The predicted molar refractivity (Wildman–Crippen MR) is 154 cm³/mol. The standard InChI is InChI=1S/C32H52O9/c1-24(33)40-28-23-29(41-31-19-11-14-22-39-31)26(25(28)16-8-6-9-17-27(34)32(35)36)15-7-4-2-3-5-12-20-37-30-18-10-13-21-38-30/h6-8,15,25-31,34H,2-5,9-14,16-23H2,1H3,(H,35,36)/b8-6-,15-7+/t25-,26-,27?,28+,29-,30?,31?/m1/s1. The van der Waals surface area contributed by atoms with Crippen molar-refractivity contribution in [2.45, 2.75) is 134 Å². The van der Waals surface area contributed by atoms with Crippen LogP contribution in [0.2, 0.25) is 0 Å². The van der Waals surface area contributed by atoms with Crippen LogP contribution in [0.5, 0.6) is 0 Å². The third kappa shape index (κ3) is 13.0. The first-order valence-electron chi connectivity index (χ1n) is 15.8. The average Bonchev–Trinajstić information content (AvgIpc) is 3.27. The van der Waals surface area contributed by atoms with Crippen molar-refractivity contribution in [1.29, 1.82) is 0 Å². The number of hydrogen-bond acceptors (Lipinski definition) is 8. The fourth-order valence-electron chi connectivity index (χ4n) is 5.95. The van der Waals surface area contributed by atoms with E-state index in [0.29, 0.717) is 25.9 Å². The maximum atomic E-state index is 11.9. The van der Waals surface area contributed by atoms with E-state index >= 15 is 0 Å². The van der Waals surface area contributed by atoms with Crippen LogP contribution >= 0.6 is 0 Å². The van der Waals surface area contributed by atoms with E-state index in [1.807, 2.05) is 12.2 Å². The van der Waals surface area contributed by atoms with E-state index in [1.165, 1.54) is 13.3 Å². The summed E-state index contributed by atoms with van der Waals surface area (Å²) in [5, 5.41) is 18.4. The molecule has 2 saturated heterocycles. The zero-order valence-electron chi connectivity index (χ0n) is 24.8. The fourth-order valence-corrected chi connectivity index (χ4v) is 5.95. The minimum atomic E-state index is -1.36. The van der Waals surface area contributed by atoms with Crippen molar-refractivity contribution in [3.8, 4) is 0 Å². The maximum absolute atomic E-state index is 11.9. The maximum Gasteiger partial charge on any atom is 0.332 e. The van der Waals surface area contributed by atoms with Crippen LogP contribution in [0, 0.1) is 11.8 Å². The minimum Gasteiger partial charge on any atom is -0.479 e. The van der Waals surface area contributed by atoms with Crippen LogP contribution in [0.15, 0.2) is 24.3 Å². The van der Waals surface area contributed by atoms with Crippen LogP contribution in [0.25, 0.3) is 0 Å². The lowest BCUT2D eigenvalue weighted by Crippen LogP contribution is -2.30. The van der Waals surface area contributed by atoms with Gasteiger partial charge in [0.2, 0.25) is 0 Å². The quantitative estimate of drug-likeness (QED) is 0.120. The molecule has 41 heavy (non-hydrogen) atoms. The molecule has 9 nitrogen and oxygen atoms in total. The molecule has 3 rings (SSSR count). The van der Waals surface area contributed by atoms with Gasteiger partial charge in [0.15, 0.2) is 18.7 Å². The second kappa shape index (κ2) is 19.4. The summed E-state index contributed by atoms with van der Waals surface area (Å²) in [5.41, 5.74) is 0. The number of hydrogen-bond donors (Lipinski definition) is 2. The van der Waals surface area contributed by atoms with Crippen LogP contribution in [0.4, 0.5) is 0 Å². The largest absolute Gasteiger partial charge is 0.479 e. The van der Waals surface area contributed by atoms with Crippen molar-refractivity contribution in [2.24, 2.45) is 11.8 Å². The summed E-state index contributed by atoms with van der Waals surface area (Å²) < 4.78 is 29.5. The number of carboxylic acid groups (broad SMARTS) is 1. The molecule has 1 saturated carbocycles. The SMILES string of the molecule is CC(=O)O[C@H]1C[C@@H](OC2CCCCO2)[C@H](/C=C/CCCCCCOC2CCCCO2)[C@H]1C/C=C\CCC(O)C(=O)O. The van der Waals surface area contributed by atoms with Gasteiger partial charge in [-0.15, -0.1) is 0 Å². The van der Waals surface area contributed by atoms with E-state index in [2.05, 4.69) is 12.2 Å². The highest BCUT2D eigenvalue weighted by Gasteiger charge is 2.45. The third-order valence-corrected chi connectivity index (χ3v) is 8.18. The molecule has 1 aliphatic carbocycles. The number of aliphatic hydroxyl groups is 1. The van der Waals surface area contributed by atoms with E-state index in [9.17, 15) is 14.7 Å². The van der Waals surface area contributed by atoms with Crippen molar-refractivity contribution in [3.63, 3.8) is 0 Å². The number of aliphatic carboxylic acids is 1. The van der Waals surface area contributed by atoms with Gasteiger partial charge in [-0.05, 0) is 77.0 Å². The van der Waals surface area contributed by atoms with Crippen LogP contribution in [-0.2, 0) is 33.3 Å². The molecular formula is C32H52O9. The second-order valence-corrected chi connectivity index (χ2v) is 11.5. The van der Waals surface area contributed by atoms with Crippen molar-refractivity contribution >= 4 is 11.9 Å². The first kappa shape index (κ1) is 33.7. The Morgan fingerprint density at radius 1 is 0.902 bits per heavy atom. The number of unbranched alkanes of at least 4 members (excludes halogenated alkanes) is 4. The molecule has 3 aliphatic rings. The van der Waals surface area contributed by atoms with Gasteiger partial charge in [-0.1, -0.05) is 37.1 Å². The minimum absolute atomic E-state index is 0.0118. The molecule has 3 unspecified atom stereocenters. The Hall–Kier alpha value is -1.78.